The van der Waals surface area contributed by atoms with E-state index in [2.05, 4.69) is 31.4 Å². The summed E-state index contributed by atoms with van der Waals surface area (Å²) in [7, 11) is 0. The van der Waals surface area contributed by atoms with Crippen molar-refractivity contribution in [3.05, 3.63) is 0 Å². The Morgan fingerprint density at radius 3 is 1.70 bits per heavy atom. The van der Waals surface area contributed by atoms with Gasteiger partial charge in [0, 0.05) is 12.1 Å². The number of carboxylic acids is 2. The highest BCUT2D eigenvalue weighted by Gasteiger charge is 2.17. The zero-order chi connectivity index (χ0) is 16.6. The highest BCUT2D eigenvalue weighted by Crippen LogP contribution is 2.09. The molecule has 0 aromatic heterocycles. The van der Waals surface area contributed by atoms with Crippen LogP contribution in [-0.4, -0.2) is 46.8 Å². The highest BCUT2D eigenvalue weighted by molar-refractivity contribution is 5.72. The quantitative estimate of drug-likeness (QED) is 0.613. The smallest absolute Gasteiger partial charge is 0.320 e. The summed E-state index contributed by atoms with van der Waals surface area (Å²) in [5, 5.41) is 22.5. The Morgan fingerprint density at radius 1 is 1.05 bits per heavy atom. The van der Waals surface area contributed by atoms with E-state index in [1.807, 2.05) is 20.8 Å². The van der Waals surface area contributed by atoms with Crippen LogP contribution >= 0.6 is 0 Å². The molecule has 0 saturated heterocycles. The van der Waals surface area contributed by atoms with Gasteiger partial charge in [-0.2, -0.15) is 0 Å². The van der Waals surface area contributed by atoms with E-state index in [4.69, 9.17) is 10.2 Å². The number of hydrogen-bond donors (Lipinski definition) is 4. The van der Waals surface area contributed by atoms with E-state index in [0.29, 0.717) is 0 Å². The average molecular weight is 290 g/mol. The van der Waals surface area contributed by atoms with Gasteiger partial charge < -0.3 is 15.5 Å². The van der Waals surface area contributed by atoms with Gasteiger partial charge in [-0.1, -0.05) is 20.8 Å². The number of carboxylic acid groups (broad SMARTS) is 2. The molecule has 0 radical (unpaired) electrons. The monoisotopic (exact) mass is 290 g/mol. The SMILES string of the molecule is CC(C)(C)CNCC(=O)O.C[C@H](NC(C)(C)C)C(=O)O. The first-order chi connectivity index (χ1) is 8.74. The summed E-state index contributed by atoms with van der Waals surface area (Å²) >= 11 is 0. The van der Waals surface area contributed by atoms with Crippen molar-refractivity contribution in [2.45, 2.75) is 60.0 Å². The molecule has 0 aliphatic carbocycles. The molecule has 0 aliphatic heterocycles. The van der Waals surface area contributed by atoms with Gasteiger partial charge in [0.2, 0.25) is 0 Å². The van der Waals surface area contributed by atoms with Crippen LogP contribution in [0.4, 0.5) is 0 Å². The molecule has 0 saturated carbocycles. The predicted octanol–water partition coefficient (Wildman–Crippen LogP) is 1.55. The fraction of sp³-hybridized carbons (Fsp3) is 0.857. The number of carbonyl (C=O) groups is 2. The van der Waals surface area contributed by atoms with Crippen LogP contribution in [0.15, 0.2) is 0 Å². The molecule has 0 bridgehead atoms. The fourth-order valence-electron chi connectivity index (χ4n) is 1.26. The number of rotatable bonds is 5. The normalized spacial score (nSPS) is 13.2. The van der Waals surface area contributed by atoms with Crippen LogP contribution in [0.5, 0.6) is 0 Å². The third-order valence-electron chi connectivity index (χ3n) is 1.95. The van der Waals surface area contributed by atoms with Crippen LogP contribution in [0.3, 0.4) is 0 Å². The third-order valence-corrected chi connectivity index (χ3v) is 1.95. The average Bonchev–Trinajstić information content (AvgIpc) is 2.12. The minimum absolute atomic E-state index is 0.0528. The van der Waals surface area contributed by atoms with Crippen LogP contribution in [0, 0.1) is 5.41 Å². The minimum Gasteiger partial charge on any atom is -0.480 e. The van der Waals surface area contributed by atoms with E-state index in [9.17, 15) is 9.59 Å². The largest absolute Gasteiger partial charge is 0.480 e. The highest BCUT2D eigenvalue weighted by atomic mass is 16.4. The van der Waals surface area contributed by atoms with Gasteiger partial charge in [-0.3, -0.25) is 14.9 Å². The second-order valence-electron chi connectivity index (χ2n) is 7.01. The van der Waals surface area contributed by atoms with Crippen molar-refractivity contribution in [2.24, 2.45) is 5.41 Å². The zero-order valence-corrected chi connectivity index (χ0v) is 13.7. The van der Waals surface area contributed by atoms with E-state index in [0.717, 1.165) is 6.54 Å². The number of hydrogen-bond acceptors (Lipinski definition) is 4. The standard InChI is InChI=1S/2C7H15NO2/c1-7(2,3)5-8-4-6(9)10;1-5(6(9)10)8-7(2,3)4/h8H,4-5H2,1-3H3,(H,9,10);5,8H,1-4H3,(H,9,10)/t;5-/m.0/s1. The number of aliphatic carboxylic acids is 2. The lowest BCUT2D eigenvalue weighted by atomic mass is 9.97. The summed E-state index contributed by atoms with van der Waals surface area (Å²) in [6.45, 7) is 14.4. The van der Waals surface area contributed by atoms with Crippen molar-refractivity contribution in [3.8, 4) is 0 Å². The van der Waals surface area contributed by atoms with Crippen molar-refractivity contribution < 1.29 is 19.8 Å². The van der Waals surface area contributed by atoms with Gasteiger partial charge in [-0.15, -0.1) is 0 Å². The second-order valence-corrected chi connectivity index (χ2v) is 7.01. The molecule has 6 heteroatoms. The first-order valence-corrected chi connectivity index (χ1v) is 6.67. The zero-order valence-electron chi connectivity index (χ0n) is 13.7. The molecule has 6 nitrogen and oxygen atoms in total. The molecule has 0 aliphatic rings. The van der Waals surface area contributed by atoms with Crippen LogP contribution in [0.1, 0.15) is 48.5 Å². The molecule has 1 atom stereocenters. The third kappa shape index (κ3) is 19.2. The summed E-state index contributed by atoms with van der Waals surface area (Å²) in [6, 6.07) is -0.472. The number of nitrogens with one attached hydrogen (secondary N) is 2. The van der Waals surface area contributed by atoms with Crippen LogP contribution < -0.4 is 10.6 Å². The summed E-state index contributed by atoms with van der Waals surface area (Å²) in [5.41, 5.74) is 0.0350. The Hall–Kier alpha value is -1.14. The lowest BCUT2D eigenvalue weighted by Gasteiger charge is -2.23. The maximum Gasteiger partial charge on any atom is 0.320 e. The Bertz CT molecular complexity index is 303. The molecule has 0 amide bonds. The molecule has 0 unspecified atom stereocenters. The molecule has 0 aromatic carbocycles. The maximum atomic E-state index is 10.3. The van der Waals surface area contributed by atoms with E-state index < -0.39 is 18.0 Å². The van der Waals surface area contributed by atoms with E-state index in [-0.39, 0.29) is 17.5 Å². The molecule has 0 fully saturated rings. The minimum atomic E-state index is -0.810. The van der Waals surface area contributed by atoms with Crippen molar-refractivity contribution in [1.29, 1.82) is 0 Å². The van der Waals surface area contributed by atoms with Crippen LogP contribution in [-0.2, 0) is 9.59 Å². The Labute approximate surface area is 122 Å². The Kier molecular flexibility index (Phi) is 9.44. The summed E-state index contributed by atoms with van der Waals surface area (Å²) in [5.74, 6) is -1.61. The fourth-order valence-corrected chi connectivity index (χ4v) is 1.26. The molecule has 4 N–H and O–H groups in total. The molecule has 0 heterocycles. The first kappa shape index (κ1) is 21.2. The lowest BCUT2D eigenvalue weighted by Crippen LogP contribution is -2.45. The molecule has 0 spiro atoms. The first-order valence-electron chi connectivity index (χ1n) is 6.67. The molecular weight excluding hydrogens is 260 g/mol. The van der Waals surface area contributed by atoms with Crippen molar-refractivity contribution in [3.63, 3.8) is 0 Å². The van der Waals surface area contributed by atoms with Crippen molar-refractivity contribution in [2.75, 3.05) is 13.1 Å². The second kappa shape index (κ2) is 8.92. The van der Waals surface area contributed by atoms with Crippen molar-refractivity contribution in [1.82, 2.24) is 10.6 Å². The van der Waals surface area contributed by atoms with Gasteiger partial charge >= 0.3 is 11.9 Å². The Morgan fingerprint density at radius 2 is 1.50 bits per heavy atom. The summed E-state index contributed by atoms with van der Waals surface area (Å²) < 4.78 is 0. The van der Waals surface area contributed by atoms with E-state index in [1.54, 1.807) is 6.92 Å². The van der Waals surface area contributed by atoms with Crippen molar-refractivity contribution >= 4 is 11.9 Å². The van der Waals surface area contributed by atoms with Gasteiger partial charge in [0.25, 0.3) is 0 Å². The van der Waals surface area contributed by atoms with Gasteiger partial charge in [0.15, 0.2) is 0 Å². The molecular formula is C14H30N2O4. The molecule has 0 aromatic rings. The Balaban J connectivity index is 0. The predicted molar refractivity (Wildman–Crippen MR) is 79.9 cm³/mol. The van der Waals surface area contributed by atoms with Gasteiger partial charge in [0.05, 0.1) is 6.54 Å². The lowest BCUT2D eigenvalue weighted by molar-refractivity contribution is -0.139. The topological polar surface area (TPSA) is 98.7 Å². The van der Waals surface area contributed by atoms with E-state index in [1.165, 1.54) is 0 Å². The molecule has 120 valence electrons. The summed E-state index contributed by atoms with van der Waals surface area (Å²) in [6.07, 6.45) is 0. The maximum absolute atomic E-state index is 10.3. The molecule has 20 heavy (non-hydrogen) atoms. The van der Waals surface area contributed by atoms with Gasteiger partial charge in [-0.05, 0) is 33.1 Å². The molecule has 0 rings (SSSR count). The van der Waals surface area contributed by atoms with Gasteiger partial charge in [-0.25, -0.2) is 0 Å². The van der Waals surface area contributed by atoms with Crippen LogP contribution in [0.25, 0.3) is 0 Å². The summed E-state index contributed by atoms with van der Waals surface area (Å²) in [4.78, 5) is 20.3. The van der Waals surface area contributed by atoms with Crippen LogP contribution in [0.2, 0.25) is 0 Å². The van der Waals surface area contributed by atoms with Gasteiger partial charge in [0.1, 0.15) is 6.04 Å². The van der Waals surface area contributed by atoms with E-state index >= 15 is 0 Å².